The van der Waals surface area contributed by atoms with Gasteiger partial charge >= 0.3 is 0 Å². The first-order valence-electron chi connectivity index (χ1n) is 8.20. The normalized spacial score (nSPS) is 13.3. The molecular formula is C17H31N3O. The van der Waals surface area contributed by atoms with E-state index < -0.39 is 0 Å². The van der Waals surface area contributed by atoms with Gasteiger partial charge in [0.15, 0.2) is 0 Å². The quantitative estimate of drug-likeness (QED) is 0.695. The van der Waals surface area contributed by atoms with Crippen molar-refractivity contribution in [3.8, 4) is 0 Å². The lowest BCUT2D eigenvalue weighted by Gasteiger charge is -2.40. The van der Waals surface area contributed by atoms with E-state index in [1.807, 2.05) is 6.07 Å². The minimum absolute atomic E-state index is 0.147. The molecular weight excluding hydrogens is 262 g/mol. The van der Waals surface area contributed by atoms with Gasteiger partial charge in [-0.1, -0.05) is 26.8 Å². The third kappa shape index (κ3) is 4.68. The smallest absolute Gasteiger partial charge is 0.126 e. The molecule has 21 heavy (non-hydrogen) atoms. The van der Waals surface area contributed by atoms with Crippen LogP contribution in [0.3, 0.4) is 0 Å². The van der Waals surface area contributed by atoms with Crippen molar-refractivity contribution in [1.82, 2.24) is 10.3 Å². The van der Waals surface area contributed by atoms with Gasteiger partial charge in [-0.25, -0.2) is 4.98 Å². The van der Waals surface area contributed by atoms with Crippen LogP contribution in [0.25, 0.3) is 0 Å². The number of aromatic nitrogens is 1. The predicted molar refractivity (Wildman–Crippen MR) is 89.4 cm³/mol. The fourth-order valence-electron chi connectivity index (χ4n) is 2.94. The summed E-state index contributed by atoms with van der Waals surface area (Å²) in [6.07, 6.45) is 5.66. The second kappa shape index (κ2) is 9.00. The predicted octanol–water partition coefficient (Wildman–Crippen LogP) is 3.17. The Balaban J connectivity index is 3.00. The van der Waals surface area contributed by atoms with Crippen molar-refractivity contribution in [2.45, 2.75) is 65.0 Å². The number of rotatable bonds is 10. The van der Waals surface area contributed by atoms with Crippen LogP contribution in [0.4, 0.5) is 5.82 Å². The summed E-state index contributed by atoms with van der Waals surface area (Å²) in [7, 11) is 0. The zero-order valence-corrected chi connectivity index (χ0v) is 14.0. The molecule has 0 fully saturated rings. The molecule has 0 radical (unpaired) electrons. The molecule has 1 atom stereocenters. The second-order valence-electron chi connectivity index (χ2n) is 5.46. The largest absolute Gasteiger partial charge is 0.383 e. The molecule has 4 heteroatoms. The van der Waals surface area contributed by atoms with E-state index in [2.05, 4.69) is 44.1 Å². The minimum Gasteiger partial charge on any atom is -0.383 e. The second-order valence-corrected chi connectivity index (χ2v) is 5.46. The molecule has 0 bridgehead atoms. The van der Waals surface area contributed by atoms with E-state index in [1.54, 1.807) is 6.20 Å². The Labute approximate surface area is 129 Å². The van der Waals surface area contributed by atoms with Crippen LogP contribution in [0.15, 0.2) is 18.3 Å². The van der Waals surface area contributed by atoms with E-state index in [9.17, 15) is 0 Å². The lowest BCUT2D eigenvalue weighted by molar-refractivity contribution is -0.0718. The highest BCUT2D eigenvalue weighted by molar-refractivity contribution is 5.39. The Kier molecular flexibility index (Phi) is 7.68. The average Bonchev–Trinajstić information content (AvgIpc) is 2.51. The van der Waals surface area contributed by atoms with Gasteiger partial charge in [-0.15, -0.1) is 0 Å². The van der Waals surface area contributed by atoms with Gasteiger partial charge in [-0.3, -0.25) is 0 Å². The molecule has 1 aromatic heterocycles. The number of nitrogens with one attached hydrogen (secondary N) is 1. The molecule has 0 aliphatic carbocycles. The highest BCUT2D eigenvalue weighted by Gasteiger charge is 2.36. The number of nitrogens with two attached hydrogens (primary N) is 1. The van der Waals surface area contributed by atoms with Crippen molar-refractivity contribution in [1.29, 1.82) is 0 Å². The summed E-state index contributed by atoms with van der Waals surface area (Å²) in [5.74, 6) is 0.624. The van der Waals surface area contributed by atoms with Gasteiger partial charge in [0.2, 0.25) is 0 Å². The Hall–Kier alpha value is -1.13. The van der Waals surface area contributed by atoms with Crippen LogP contribution in [0, 0.1) is 0 Å². The first kappa shape index (κ1) is 17.9. The van der Waals surface area contributed by atoms with Gasteiger partial charge in [0.1, 0.15) is 5.82 Å². The van der Waals surface area contributed by atoms with Gasteiger partial charge in [0, 0.05) is 18.8 Å². The fourth-order valence-corrected chi connectivity index (χ4v) is 2.94. The number of hydrogen-bond donors (Lipinski definition) is 2. The van der Waals surface area contributed by atoms with Crippen LogP contribution < -0.4 is 11.1 Å². The zero-order chi connectivity index (χ0) is 15.7. The lowest BCUT2D eigenvalue weighted by Crippen LogP contribution is -2.53. The van der Waals surface area contributed by atoms with E-state index in [1.165, 1.54) is 0 Å². The van der Waals surface area contributed by atoms with Crippen LogP contribution in [0.5, 0.6) is 0 Å². The van der Waals surface area contributed by atoms with Gasteiger partial charge in [0.25, 0.3) is 0 Å². The van der Waals surface area contributed by atoms with Crippen LogP contribution in [0.1, 0.15) is 52.5 Å². The molecule has 120 valence electrons. The zero-order valence-electron chi connectivity index (χ0n) is 14.0. The SMILES string of the molecule is CCCNC(Cc1cccnc1N)C(CC)(CC)OCC. The lowest BCUT2D eigenvalue weighted by atomic mass is 9.84. The number of ether oxygens (including phenoxy) is 1. The van der Waals surface area contributed by atoms with Crippen LogP contribution in [-0.2, 0) is 11.2 Å². The molecule has 4 nitrogen and oxygen atoms in total. The van der Waals surface area contributed by atoms with Crippen LogP contribution in [0.2, 0.25) is 0 Å². The first-order chi connectivity index (χ1) is 10.1. The van der Waals surface area contributed by atoms with E-state index >= 15 is 0 Å². The molecule has 0 aromatic carbocycles. The highest BCUT2D eigenvalue weighted by atomic mass is 16.5. The van der Waals surface area contributed by atoms with Crippen molar-refractivity contribution >= 4 is 5.82 Å². The maximum absolute atomic E-state index is 6.18. The first-order valence-corrected chi connectivity index (χ1v) is 8.20. The topological polar surface area (TPSA) is 60.2 Å². The molecule has 1 heterocycles. The van der Waals surface area contributed by atoms with E-state index in [4.69, 9.17) is 10.5 Å². The molecule has 0 saturated heterocycles. The van der Waals surface area contributed by atoms with E-state index in [0.29, 0.717) is 5.82 Å². The Morgan fingerprint density at radius 3 is 2.52 bits per heavy atom. The molecule has 0 spiro atoms. The van der Waals surface area contributed by atoms with E-state index in [-0.39, 0.29) is 11.6 Å². The Bertz CT molecular complexity index is 405. The summed E-state index contributed by atoms with van der Waals surface area (Å²) in [6.45, 7) is 10.4. The van der Waals surface area contributed by atoms with Crippen molar-refractivity contribution in [3.05, 3.63) is 23.9 Å². The molecule has 0 amide bonds. The number of pyridine rings is 1. The Morgan fingerprint density at radius 1 is 1.29 bits per heavy atom. The van der Waals surface area contributed by atoms with Crippen molar-refractivity contribution in [3.63, 3.8) is 0 Å². The maximum Gasteiger partial charge on any atom is 0.126 e. The third-order valence-electron chi connectivity index (χ3n) is 4.25. The molecule has 1 rings (SSSR count). The number of nitrogens with zero attached hydrogens (tertiary/aromatic N) is 1. The summed E-state index contributed by atoms with van der Waals surface area (Å²) in [6, 6.07) is 4.26. The molecule has 3 N–H and O–H groups in total. The molecule has 1 unspecified atom stereocenters. The number of hydrogen-bond acceptors (Lipinski definition) is 4. The van der Waals surface area contributed by atoms with Gasteiger partial charge < -0.3 is 15.8 Å². The Morgan fingerprint density at radius 2 is 2.00 bits per heavy atom. The summed E-state index contributed by atoms with van der Waals surface area (Å²) in [4.78, 5) is 4.20. The van der Waals surface area contributed by atoms with Gasteiger partial charge in [-0.05, 0) is 50.8 Å². The van der Waals surface area contributed by atoms with Gasteiger partial charge in [-0.2, -0.15) is 0 Å². The molecule has 0 aliphatic rings. The number of nitrogen functional groups attached to an aromatic ring is 1. The van der Waals surface area contributed by atoms with Crippen molar-refractivity contribution in [2.24, 2.45) is 0 Å². The minimum atomic E-state index is -0.147. The third-order valence-corrected chi connectivity index (χ3v) is 4.25. The maximum atomic E-state index is 6.18. The van der Waals surface area contributed by atoms with Crippen LogP contribution >= 0.6 is 0 Å². The van der Waals surface area contributed by atoms with E-state index in [0.717, 1.165) is 44.4 Å². The summed E-state index contributed by atoms with van der Waals surface area (Å²) < 4.78 is 6.18. The fraction of sp³-hybridized carbons (Fsp3) is 0.706. The standard InChI is InChI=1S/C17H31N3O/c1-5-11-19-15(17(6-2,7-3)21-8-4)13-14-10-9-12-20-16(14)18/h9-10,12,15,19H,5-8,11,13H2,1-4H3,(H2,18,20). The van der Waals surface area contributed by atoms with Gasteiger partial charge in [0.05, 0.1) is 5.60 Å². The molecule has 0 saturated carbocycles. The summed E-state index contributed by atoms with van der Waals surface area (Å²) >= 11 is 0. The number of anilines is 1. The van der Waals surface area contributed by atoms with Crippen molar-refractivity contribution < 1.29 is 4.74 Å². The molecule has 0 aliphatic heterocycles. The average molecular weight is 293 g/mol. The highest BCUT2D eigenvalue weighted by Crippen LogP contribution is 2.28. The van der Waals surface area contributed by atoms with Crippen LogP contribution in [-0.4, -0.2) is 29.8 Å². The summed E-state index contributed by atoms with van der Waals surface area (Å²) in [5.41, 5.74) is 6.97. The van der Waals surface area contributed by atoms with Crippen molar-refractivity contribution in [2.75, 3.05) is 18.9 Å². The monoisotopic (exact) mass is 293 g/mol. The molecule has 1 aromatic rings. The summed E-state index contributed by atoms with van der Waals surface area (Å²) in [5, 5.41) is 3.66.